The van der Waals surface area contributed by atoms with Crippen molar-refractivity contribution in [3.8, 4) is 0 Å². The zero-order valence-electron chi connectivity index (χ0n) is 19.8. The monoisotopic (exact) mass is 591 g/mol. The summed E-state index contributed by atoms with van der Waals surface area (Å²) in [5.74, 6) is -0.453. The maximum absolute atomic E-state index is 12.9. The number of hydrogen-bond donors (Lipinski definition) is 3. The number of thioether (sulfide) groups is 3. The molecule has 0 radical (unpaired) electrons. The smallest absolute Gasteiger partial charge is 0.352 e. The van der Waals surface area contributed by atoms with Crippen LogP contribution in [0.15, 0.2) is 45.0 Å². The summed E-state index contributed by atoms with van der Waals surface area (Å²) in [6.45, 7) is 0. The predicted octanol–water partition coefficient (Wildman–Crippen LogP) is 1.01. The Labute approximate surface area is 233 Å². The molecule has 3 aromatic rings. The Morgan fingerprint density at radius 3 is 2.58 bits per heavy atom. The molecule has 1 aromatic carbocycles. The molecule has 2 unspecified atom stereocenters. The molecule has 2 aliphatic rings. The quantitative estimate of drug-likeness (QED) is 0.225. The second-order valence-corrected chi connectivity index (χ2v) is 12.6. The van der Waals surface area contributed by atoms with Crippen molar-refractivity contribution in [1.82, 2.24) is 40.6 Å². The highest BCUT2D eigenvalue weighted by Gasteiger charge is 2.54. The van der Waals surface area contributed by atoms with Crippen LogP contribution in [0.5, 0.6) is 0 Å². The number of carboxylic acid groups (broad SMARTS) is 1. The first-order valence-electron chi connectivity index (χ1n) is 11.1. The molecule has 2 aromatic heterocycles. The van der Waals surface area contributed by atoms with E-state index in [0.29, 0.717) is 33.1 Å². The van der Waals surface area contributed by atoms with Crippen molar-refractivity contribution in [2.45, 2.75) is 33.1 Å². The number of aliphatic carboxylic acids is 1. The second kappa shape index (κ2) is 11.3. The summed E-state index contributed by atoms with van der Waals surface area (Å²) in [5, 5.41) is 32.1. The Bertz CT molecular complexity index is 1410. The average molecular weight is 592 g/mol. The van der Waals surface area contributed by atoms with E-state index >= 15 is 0 Å². The highest BCUT2D eigenvalue weighted by Crippen LogP contribution is 2.41. The van der Waals surface area contributed by atoms with Crippen LogP contribution >= 0.6 is 46.6 Å². The Morgan fingerprint density at radius 1 is 1.16 bits per heavy atom. The fourth-order valence-corrected chi connectivity index (χ4v) is 7.80. The van der Waals surface area contributed by atoms with Crippen LogP contribution in [0.4, 0.5) is 5.13 Å². The van der Waals surface area contributed by atoms with Gasteiger partial charge in [0.1, 0.15) is 17.1 Å². The van der Waals surface area contributed by atoms with Crippen LogP contribution in [-0.4, -0.2) is 81.1 Å². The number of carboxylic acids is 1. The number of fused-ring (bicyclic) bond motifs is 1. The SMILES string of the molecule is Cn1nnnc1SCC1=C(C(=O)O)N2C(=O)C(NC(=O)Cc3ccc(CSc4nnc(N)s4)cc3)C2SC1. The molecule has 2 amide bonds. The van der Waals surface area contributed by atoms with Crippen LogP contribution in [0.1, 0.15) is 11.1 Å². The van der Waals surface area contributed by atoms with Gasteiger partial charge in [-0.15, -0.1) is 27.1 Å². The van der Waals surface area contributed by atoms with Crippen LogP contribution in [0, 0.1) is 0 Å². The van der Waals surface area contributed by atoms with E-state index in [1.54, 1.807) is 7.05 Å². The van der Waals surface area contributed by atoms with E-state index < -0.39 is 23.3 Å². The lowest BCUT2D eigenvalue weighted by Gasteiger charge is -2.49. The molecule has 198 valence electrons. The molecular weight excluding hydrogens is 571 g/mol. The molecule has 5 rings (SSSR count). The van der Waals surface area contributed by atoms with Crippen molar-refractivity contribution in [2.75, 3.05) is 17.2 Å². The first-order chi connectivity index (χ1) is 18.3. The molecule has 0 saturated carbocycles. The van der Waals surface area contributed by atoms with Crippen LogP contribution in [0.2, 0.25) is 0 Å². The third-order valence-electron chi connectivity index (χ3n) is 5.70. The van der Waals surface area contributed by atoms with E-state index in [4.69, 9.17) is 5.73 Å². The van der Waals surface area contributed by atoms with Crippen molar-refractivity contribution in [3.05, 3.63) is 46.7 Å². The van der Waals surface area contributed by atoms with E-state index in [1.807, 2.05) is 24.3 Å². The number of aryl methyl sites for hydroxylation is 1. The number of nitrogens with zero attached hydrogens (tertiary/aromatic N) is 7. The van der Waals surface area contributed by atoms with Gasteiger partial charge in [-0.05, 0) is 27.1 Å². The van der Waals surface area contributed by atoms with Crippen LogP contribution < -0.4 is 11.1 Å². The molecular formula is C21H21N9O4S4. The van der Waals surface area contributed by atoms with Crippen molar-refractivity contribution >= 4 is 69.5 Å². The molecule has 1 saturated heterocycles. The first kappa shape index (κ1) is 26.5. The zero-order chi connectivity index (χ0) is 26.8. The minimum Gasteiger partial charge on any atom is -0.477 e. The Morgan fingerprint density at radius 2 is 1.92 bits per heavy atom. The van der Waals surface area contributed by atoms with E-state index in [0.717, 1.165) is 15.5 Å². The minimum absolute atomic E-state index is 0.0310. The molecule has 0 bridgehead atoms. The third-order valence-corrected chi connectivity index (χ3v) is 10.1. The number of benzene rings is 1. The molecule has 0 spiro atoms. The average Bonchev–Trinajstić information content (AvgIpc) is 3.51. The Hall–Kier alpha value is -3.15. The highest BCUT2D eigenvalue weighted by molar-refractivity contribution is 8.01. The highest BCUT2D eigenvalue weighted by atomic mass is 32.2. The van der Waals surface area contributed by atoms with Gasteiger partial charge in [0.25, 0.3) is 5.91 Å². The summed E-state index contributed by atoms with van der Waals surface area (Å²) in [6.07, 6.45) is 0.108. The number of hydrogen-bond acceptors (Lipinski definition) is 13. The maximum Gasteiger partial charge on any atom is 0.352 e. The molecule has 17 heteroatoms. The minimum atomic E-state index is -1.17. The number of tetrazole rings is 1. The van der Waals surface area contributed by atoms with Gasteiger partial charge >= 0.3 is 5.97 Å². The van der Waals surface area contributed by atoms with Crippen LogP contribution in [0.3, 0.4) is 0 Å². The van der Waals surface area contributed by atoms with Gasteiger partial charge in [0.05, 0.1) is 6.42 Å². The van der Waals surface area contributed by atoms with Gasteiger partial charge in [-0.3, -0.25) is 14.5 Å². The van der Waals surface area contributed by atoms with E-state index in [1.165, 1.54) is 56.2 Å². The maximum atomic E-state index is 12.9. The summed E-state index contributed by atoms with van der Waals surface area (Å²) in [4.78, 5) is 38.9. The lowest BCUT2D eigenvalue weighted by atomic mass is 10.0. The number of nitrogens with two attached hydrogens (primary N) is 1. The van der Waals surface area contributed by atoms with E-state index in [9.17, 15) is 19.5 Å². The number of nitrogens with one attached hydrogen (secondary N) is 1. The number of anilines is 1. The standard InChI is InChI=1S/C21H21N9O4S4/c1-29-20(25-27-28-29)36-9-12-8-35-17-14(16(32)30(17)15(12)18(33)34)23-13(31)6-10-2-4-11(5-3-10)7-37-21-26-24-19(22)38-21/h2-5,14,17H,6-9H2,1H3,(H2,22,24)(H,23,31)(H,33,34). The summed E-state index contributed by atoms with van der Waals surface area (Å²) >= 11 is 5.59. The summed E-state index contributed by atoms with van der Waals surface area (Å²) in [6, 6.07) is 6.85. The van der Waals surface area contributed by atoms with Crippen molar-refractivity contribution in [1.29, 1.82) is 0 Å². The van der Waals surface area contributed by atoms with E-state index in [-0.39, 0.29) is 18.0 Å². The molecule has 2 aliphatic heterocycles. The zero-order valence-corrected chi connectivity index (χ0v) is 23.1. The number of carbonyl (C=O) groups excluding carboxylic acids is 2. The molecule has 0 aliphatic carbocycles. The molecule has 2 atom stereocenters. The fourth-order valence-electron chi connectivity index (χ4n) is 3.88. The number of β-lactam (4-membered cyclic amide) rings is 1. The number of carbonyl (C=O) groups is 3. The Balaban J connectivity index is 1.16. The van der Waals surface area contributed by atoms with Crippen LogP contribution in [-0.2, 0) is 33.6 Å². The molecule has 1 fully saturated rings. The molecule has 4 N–H and O–H groups in total. The van der Waals surface area contributed by atoms with Gasteiger partial charge in [-0.25, -0.2) is 9.48 Å². The van der Waals surface area contributed by atoms with E-state index in [2.05, 4.69) is 31.0 Å². The summed E-state index contributed by atoms with van der Waals surface area (Å²) in [5.41, 5.74) is 8.05. The summed E-state index contributed by atoms with van der Waals surface area (Å²) in [7, 11) is 1.69. The molecule has 13 nitrogen and oxygen atoms in total. The van der Waals surface area contributed by atoms with Gasteiger partial charge in [0.2, 0.25) is 16.2 Å². The first-order valence-corrected chi connectivity index (χ1v) is 15.0. The van der Waals surface area contributed by atoms with Gasteiger partial charge in [-0.1, -0.05) is 59.1 Å². The topological polar surface area (TPSA) is 182 Å². The lowest BCUT2D eigenvalue weighted by Crippen LogP contribution is -2.70. The Kier molecular flexibility index (Phi) is 7.87. The van der Waals surface area contributed by atoms with Gasteiger partial charge in [-0.2, -0.15) is 0 Å². The number of nitrogen functional groups attached to an aromatic ring is 1. The number of amides is 2. The molecule has 38 heavy (non-hydrogen) atoms. The van der Waals surface area contributed by atoms with Gasteiger partial charge in [0, 0.05) is 24.3 Å². The largest absolute Gasteiger partial charge is 0.477 e. The fraction of sp³-hybridized carbons (Fsp3) is 0.333. The predicted molar refractivity (Wildman–Crippen MR) is 143 cm³/mol. The van der Waals surface area contributed by atoms with Gasteiger partial charge in [0.15, 0.2) is 4.34 Å². The van der Waals surface area contributed by atoms with Crippen molar-refractivity contribution < 1.29 is 19.5 Å². The van der Waals surface area contributed by atoms with Gasteiger partial charge < -0.3 is 16.2 Å². The van der Waals surface area contributed by atoms with Crippen molar-refractivity contribution in [3.63, 3.8) is 0 Å². The third kappa shape index (κ3) is 5.64. The summed E-state index contributed by atoms with van der Waals surface area (Å²) < 4.78 is 2.29. The second-order valence-electron chi connectivity index (χ2n) is 8.27. The van der Waals surface area contributed by atoms with Crippen LogP contribution in [0.25, 0.3) is 0 Å². The number of rotatable bonds is 10. The van der Waals surface area contributed by atoms with Crippen molar-refractivity contribution in [2.24, 2.45) is 7.05 Å². The number of aromatic nitrogens is 6. The lowest BCUT2D eigenvalue weighted by molar-refractivity contribution is -0.150. The molecule has 4 heterocycles. The normalized spacial score (nSPS) is 18.8.